The molecular weight excluding hydrogens is 288 g/mol. The SMILES string of the molecule is N#Cc1c(Cl)nsc1N1CCCC1c1nccs1. The first-order valence-electron chi connectivity index (χ1n) is 5.52. The molecule has 4 nitrogen and oxygen atoms in total. The van der Waals surface area contributed by atoms with Crippen LogP contribution in [0.4, 0.5) is 5.00 Å². The number of halogens is 1. The maximum atomic E-state index is 9.16. The summed E-state index contributed by atoms with van der Waals surface area (Å²) in [6, 6.07) is 2.40. The first-order valence-corrected chi connectivity index (χ1v) is 7.55. The summed E-state index contributed by atoms with van der Waals surface area (Å²) in [6.07, 6.45) is 3.99. The van der Waals surface area contributed by atoms with E-state index >= 15 is 0 Å². The minimum absolute atomic E-state index is 0.258. The van der Waals surface area contributed by atoms with Crippen LogP contribution < -0.4 is 4.90 Å². The topological polar surface area (TPSA) is 52.8 Å². The highest BCUT2D eigenvalue weighted by Gasteiger charge is 2.31. The smallest absolute Gasteiger partial charge is 0.162 e. The first kappa shape index (κ1) is 11.9. The lowest BCUT2D eigenvalue weighted by molar-refractivity contribution is 0.716. The van der Waals surface area contributed by atoms with Crippen LogP contribution in [0.5, 0.6) is 0 Å². The van der Waals surface area contributed by atoms with Gasteiger partial charge in [-0.15, -0.1) is 11.3 Å². The van der Waals surface area contributed by atoms with Gasteiger partial charge >= 0.3 is 0 Å². The fourth-order valence-corrected chi connectivity index (χ4v) is 4.11. The molecule has 0 saturated carbocycles. The molecule has 2 aromatic rings. The van der Waals surface area contributed by atoms with Crippen molar-refractivity contribution in [2.75, 3.05) is 11.4 Å². The van der Waals surface area contributed by atoms with Crippen LogP contribution in [0.1, 0.15) is 29.5 Å². The summed E-state index contributed by atoms with van der Waals surface area (Å²) in [5, 5.41) is 13.4. The van der Waals surface area contributed by atoms with Gasteiger partial charge in [-0.05, 0) is 24.4 Å². The lowest BCUT2D eigenvalue weighted by Crippen LogP contribution is -2.22. The number of hydrogen-bond donors (Lipinski definition) is 0. The number of hydrogen-bond acceptors (Lipinski definition) is 6. The molecule has 2 aromatic heterocycles. The van der Waals surface area contributed by atoms with Crippen LogP contribution in [0, 0.1) is 11.3 Å². The van der Waals surface area contributed by atoms with E-state index in [1.54, 1.807) is 11.3 Å². The molecule has 0 aliphatic carbocycles. The zero-order valence-electron chi connectivity index (χ0n) is 9.34. The Balaban J connectivity index is 1.98. The number of anilines is 1. The zero-order valence-corrected chi connectivity index (χ0v) is 11.7. The van der Waals surface area contributed by atoms with Crippen molar-refractivity contribution in [1.29, 1.82) is 5.26 Å². The third-order valence-corrected chi connectivity index (χ3v) is 5.13. The van der Waals surface area contributed by atoms with Gasteiger partial charge in [0.25, 0.3) is 0 Å². The summed E-state index contributed by atoms with van der Waals surface area (Å²) >= 11 is 8.89. The monoisotopic (exact) mass is 296 g/mol. The summed E-state index contributed by atoms with van der Waals surface area (Å²) in [6.45, 7) is 0.928. The molecule has 0 aromatic carbocycles. The van der Waals surface area contributed by atoms with Gasteiger partial charge in [-0.1, -0.05) is 11.6 Å². The molecule has 7 heteroatoms. The molecule has 1 saturated heterocycles. The van der Waals surface area contributed by atoms with Gasteiger partial charge in [-0.25, -0.2) is 4.98 Å². The van der Waals surface area contributed by atoms with Gasteiger partial charge < -0.3 is 4.90 Å². The van der Waals surface area contributed by atoms with Gasteiger partial charge in [0.1, 0.15) is 21.6 Å². The lowest BCUT2D eigenvalue weighted by Gasteiger charge is -2.23. The maximum Gasteiger partial charge on any atom is 0.162 e. The predicted octanol–water partition coefficient (Wildman–Crippen LogP) is 3.47. The molecule has 92 valence electrons. The van der Waals surface area contributed by atoms with Crippen LogP contribution in [-0.2, 0) is 0 Å². The van der Waals surface area contributed by atoms with Gasteiger partial charge in [0.05, 0.1) is 6.04 Å². The van der Waals surface area contributed by atoms with Crippen molar-refractivity contribution < 1.29 is 0 Å². The van der Waals surface area contributed by atoms with Crippen LogP contribution in [0.3, 0.4) is 0 Å². The van der Waals surface area contributed by atoms with Gasteiger partial charge in [-0.2, -0.15) is 9.64 Å². The van der Waals surface area contributed by atoms with Gasteiger partial charge in [0.15, 0.2) is 5.15 Å². The summed E-state index contributed by atoms with van der Waals surface area (Å²) < 4.78 is 4.07. The minimum Gasteiger partial charge on any atom is -0.352 e. The Morgan fingerprint density at radius 3 is 3.17 bits per heavy atom. The second kappa shape index (κ2) is 4.84. The Hall–Kier alpha value is -1.16. The quantitative estimate of drug-likeness (QED) is 0.851. The summed E-state index contributed by atoms with van der Waals surface area (Å²) in [5.74, 6) is 0. The molecule has 1 unspecified atom stereocenters. The summed E-state index contributed by atoms with van der Waals surface area (Å²) in [7, 11) is 0. The zero-order chi connectivity index (χ0) is 12.5. The van der Waals surface area contributed by atoms with Crippen molar-refractivity contribution in [2.24, 2.45) is 0 Å². The highest BCUT2D eigenvalue weighted by molar-refractivity contribution is 7.11. The molecule has 3 rings (SSSR count). The third kappa shape index (κ3) is 1.88. The number of thiazole rings is 1. The fourth-order valence-electron chi connectivity index (χ4n) is 2.22. The van der Waals surface area contributed by atoms with E-state index in [2.05, 4.69) is 20.3 Å². The van der Waals surface area contributed by atoms with Crippen LogP contribution in [-0.4, -0.2) is 15.9 Å². The van der Waals surface area contributed by atoms with Gasteiger partial charge in [0, 0.05) is 18.1 Å². The molecule has 0 radical (unpaired) electrons. The van der Waals surface area contributed by atoms with E-state index in [0.717, 1.165) is 29.4 Å². The molecule has 0 spiro atoms. The highest BCUT2D eigenvalue weighted by atomic mass is 35.5. The van der Waals surface area contributed by atoms with E-state index < -0.39 is 0 Å². The highest BCUT2D eigenvalue weighted by Crippen LogP contribution is 2.41. The second-order valence-electron chi connectivity index (χ2n) is 3.99. The Labute approximate surface area is 118 Å². The number of nitriles is 1. The Kier molecular flexibility index (Phi) is 3.20. The van der Waals surface area contributed by atoms with E-state index in [-0.39, 0.29) is 6.04 Å². The van der Waals surface area contributed by atoms with E-state index in [4.69, 9.17) is 16.9 Å². The van der Waals surface area contributed by atoms with E-state index in [1.807, 2.05) is 11.6 Å². The largest absolute Gasteiger partial charge is 0.352 e. The van der Waals surface area contributed by atoms with Crippen molar-refractivity contribution in [3.8, 4) is 6.07 Å². The molecule has 3 heterocycles. The molecule has 0 amide bonds. The standard InChI is InChI=1S/C11H9ClN4S2/c12-9-7(6-13)11(18-15-9)16-4-1-2-8(16)10-14-3-5-17-10/h3,5,8H,1-2,4H2. The van der Waals surface area contributed by atoms with Crippen molar-refractivity contribution in [1.82, 2.24) is 9.36 Å². The molecule has 0 bridgehead atoms. The second-order valence-corrected chi connectivity index (χ2v) is 6.02. The normalized spacial score (nSPS) is 19.1. The van der Waals surface area contributed by atoms with Gasteiger partial charge in [0.2, 0.25) is 0 Å². The molecule has 1 fully saturated rings. The number of nitrogens with zero attached hydrogens (tertiary/aromatic N) is 4. The fraction of sp³-hybridized carbons (Fsp3) is 0.364. The average Bonchev–Trinajstić information content (AvgIpc) is 3.07. The van der Waals surface area contributed by atoms with E-state index in [0.29, 0.717) is 10.7 Å². The predicted molar refractivity (Wildman–Crippen MR) is 73.3 cm³/mol. The molecule has 1 aliphatic rings. The molecule has 1 atom stereocenters. The van der Waals surface area contributed by atoms with Crippen molar-refractivity contribution in [3.05, 3.63) is 27.3 Å². The Morgan fingerprint density at radius 2 is 2.44 bits per heavy atom. The first-order chi connectivity index (χ1) is 8.81. The Bertz CT molecular complexity index is 587. The average molecular weight is 297 g/mol. The van der Waals surface area contributed by atoms with Crippen LogP contribution in [0.25, 0.3) is 0 Å². The molecular formula is C11H9ClN4S2. The molecule has 1 aliphatic heterocycles. The lowest BCUT2D eigenvalue weighted by atomic mass is 10.2. The third-order valence-electron chi connectivity index (χ3n) is 2.99. The summed E-state index contributed by atoms with van der Waals surface area (Å²) in [5.41, 5.74) is 0.491. The Morgan fingerprint density at radius 1 is 1.56 bits per heavy atom. The molecule has 18 heavy (non-hydrogen) atoms. The number of aromatic nitrogens is 2. The van der Waals surface area contributed by atoms with Crippen LogP contribution in [0.2, 0.25) is 5.15 Å². The summed E-state index contributed by atoms with van der Waals surface area (Å²) in [4.78, 5) is 6.59. The minimum atomic E-state index is 0.258. The van der Waals surface area contributed by atoms with Crippen molar-refractivity contribution in [2.45, 2.75) is 18.9 Å². The molecule has 0 N–H and O–H groups in total. The van der Waals surface area contributed by atoms with Gasteiger partial charge in [-0.3, -0.25) is 0 Å². The maximum absolute atomic E-state index is 9.16. The van der Waals surface area contributed by atoms with Crippen LogP contribution in [0.15, 0.2) is 11.6 Å². The van der Waals surface area contributed by atoms with Crippen LogP contribution >= 0.6 is 34.5 Å². The van der Waals surface area contributed by atoms with Crippen molar-refractivity contribution >= 4 is 39.5 Å². The van der Waals surface area contributed by atoms with Crippen molar-refractivity contribution in [3.63, 3.8) is 0 Å². The number of rotatable bonds is 2. The van der Waals surface area contributed by atoms with E-state index in [9.17, 15) is 0 Å². The van der Waals surface area contributed by atoms with E-state index in [1.165, 1.54) is 11.5 Å².